The van der Waals surface area contributed by atoms with Gasteiger partial charge >= 0.3 is 0 Å². The number of nitrogens with one attached hydrogen (secondary N) is 1. The van der Waals surface area contributed by atoms with E-state index in [9.17, 15) is 4.39 Å². The first-order valence-corrected chi connectivity index (χ1v) is 4.21. The van der Waals surface area contributed by atoms with Crippen LogP contribution in [0.5, 0.6) is 0 Å². The molecule has 0 saturated carbocycles. The van der Waals surface area contributed by atoms with Crippen molar-refractivity contribution in [3.8, 4) is 0 Å². The van der Waals surface area contributed by atoms with Crippen LogP contribution in [0.25, 0.3) is 10.9 Å². The summed E-state index contributed by atoms with van der Waals surface area (Å²) in [7, 11) is 0. The Kier molecular flexibility index (Phi) is 6.45. The van der Waals surface area contributed by atoms with Crippen molar-refractivity contribution < 1.29 is 51.2 Å². The second-order valence-corrected chi connectivity index (χ2v) is 3.01. The van der Waals surface area contributed by atoms with E-state index in [2.05, 4.69) is 11.9 Å². The van der Waals surface area contributed by atoms with Gasteiger partial charge in [0.1, 0.15) is 5.82 Å². The van der Waals surface area contributed by atoms with Gasteiger partial charge in [0.2, 0.25) is 0 Å². The molecule has 2 N–H and O–H groups in total. The van der Waals surface area contributed by atoms with Gasteiger partial charge in [-0.2, -0.15) is 12.5 Å². The summed E-state index contributed by atoms with van der Waals surface area (Å²) in [6.07, 6.45) is 0. The minimum atomic E-state index is -0.219. The molecule has 0 atom stereocenters. The van der Waals surface area contributed by atoms with E-state index in [1.54, 1.807) is 6.07 Å². The number of benzene rings is 1. The summed E-state index contributed by atoms with van der Waals surface area (Å²) in [5.41, 5.74) is 2.76. The fraction of sp³-hybridized carbons (Fsp3) is 0.0909. The monoisotopic (exact) mass is 376 g/mol. The van der Waals surface area contributed by atoms with Gasteiger partial charge in [0, 0.05) is 36.9 Å². The predicted octanol–water partition coefficient (Wildman–Crippen LogP) is 2.41. The number of aryl methyl sites for hydroxylation is 1. The molecule has 16 heavy (non-hydrogen) atoms. The summed E-state index contributed by atoms with van der Waals surface area (Å²) in [6, 6.07) is 4.68. The van der Waals surface area contributed by atoms with Crippen LogP contribution in [0.15, 0.2) is 18.2 Å². The molecular formula is C11H10FNO2Tm-2. The number of aliphatic hydroxyl groups excluding tert-OH is 1. The third kappa shape index (κ3) is 3.39. The van der Waals surface area contributed by atoms with E-state index in [-0.39, 0.29) is 42.7 Å². The van der Waals surface area contributed by atoms with E-state index in [1.165, 1.54) is 12.1 Å². The molecule has 0 amide bonds. The van der Waals surface area contributed by atoms with Crippen LogP contribution in [-0.2, 0) is 4.79 Å². The molecule has 2 aromatic rings. The van der Waals surface area contributed by atoms with Crippen LogP contribution in [0.2, 0.25) is 0 Å². The number of hydrogen-bond donors (Lipinski definition) is 2. The second-order valence-electron chi connectivity index (χ2n) is 3.01. The zero-order valence-electron chi connectivity index (χ0n) is 8.45. The molecule has 3 nitrogen and oxygen atoms in total. The van der Waals surface area contributed by atoms with E-state index < -0.39 is 0 Å². The van der Waals surface area contributed by atoms with Gasteiger partial charge in [-0.05, 0) is 17.6 Å². The second kappa shape index (κ2) is 6.76. The van der Waals surface area contributed by atoms with Crippen LogP contribution in [0.4, 0.5) is 4.39 Å². The van der Waals surface area contributed by atoms with Gasteiger partial charge in [0.05, 0.1) is 0 Å². The molecule has 5 heteroatoms. The average Bonchev–Trinajstić information content (AvgIpc) is 2.43. The maximum absolute atomic E-state index is 12.7. The molecular weight excluding hydrogens is 366 g/mol. The number of H-pyrrole nitrogens is 1. The third-order valence-corrected chi connectivity index (χ3v) is 2.08. The Labute approximate surface area is 122 Å². The van der Waals surface area contributed by atoms with Crippen LogP contribution in [0.1, 0.15) is 11.3 Å². The van der Waals surface area contributed by atoms with Crippen molar-refractivity contribution in [3.63, 3.8) is 0 Å². The van der Waals surface area contributed by atoms with Crippen LogP contribution in [0, 0.1) is 56.5 Å². The molecule has 0 fully saturated rings. The Balaban J connectivity index is 0.000000511. The van der Waals surface area contributed by atoms with E-state index in [0.29, 0.717) is 6.47 Å². The minimum absolute atomic E-state index is 0. The number of halogens is 1. The van der Waals surface area contributed by atoms with Crippen molar-refractivity contribution in [2.24, 2.45) is 0 Å². The molecule has 0 bridgehead atoms. The topological polar surface area (TPSA) is 53.1 Å². The molecule has 0 aliphatic heterocycles. The molecule has 0 spiro atoms. The normalized spacial score (nSPS) is 8.88. The van der Waals surface area contributed by atoms with Crippen LogP contribution in [-0.4, -0.2) is 16.6 Å². The van der Waals surface area contributed by atoms with E-state index in [4.69, 9.17) is 9.90 Å². The number of fused-ring (bicyclic) bond motifs is 1. The van der Waals surface area contributed by atoms with Crippen molar-refractivity contribution in [2.45, 2.75) is 6.92 Å². The number of aromatic amines is 1. The number of hydrogen-bond acceptors (Lipinski definition) is 1. The standard InChI is InChI=1S/C10H9FN.CHO2.Tm/c1-6-7(2)12-10-5-8(11)3-4-9(6)10;2-1-3;/h3-5,12H,1H2,2H3;(H,2,3);/q2*-1;. The summed E-state index contributed by atoms with van der Waals surface area (Å²) in [4.78, 5) is 11.3. The Hall–Kier alpha value is -0.736. The van der Waals surface area contributed by atoms with Gasteiger partial charge in [0.15, 0.2) is 0 Å². The quantitative estimate of drug-likeness (QED) is 0.694. The molecule has 93 valence electrons. The first-order valence-electron chi connectivity index (χ1n) is 4.21. The van der Waals surface area contributed by atoms with E-state index in [0.717, 1.165) is 22.2 Å². The van der Waals surface area contributed by atoms with Crippen LogP contribution < -0.4 is 0 Å². The number of aromatic nitrogens is 1. The van der Waals surface area contributed by atoms with Gasteiger partial charge in [0.25, 0.3) is 0 Å². The summed E-state index contributed by atoms with van der Waals surface area (Å²) in [5, 5.41) is 7.76. The third-order valence-electron chi connectivity index (χ3n) is 2.08. The van der Waals surface area contributed by atoms with Crippen molar-refractivity contribution in [1.82, 2.24) is 4.98 Å². The minimum Gasteiger partial charge on any atom is -0.665 e. The maximum Gasteiger partial charge on any atom is 0.123 e. The molecule has 1 heterocycles. The Bertz CT molecular complexity index is 482. The summed E-state index contributed by atoms with van der Waals surface area (Å²) >= 11 is 0. The molecule has 2 rings (SSSR count). The molecule has 0 aliphatic rings. The zero-order valence-corrected chi connectivity index (χ0v) is 10.2. The Morgan fingerprint density at radius 3 is 2.62 bits per heavy atom. The fourth-order valence-electron chi connectivity index (χ4n) is 1.36. The molecule has 0 aliphatic carbocycles. The fourth-order valence-corrected chi connectivity index (χ4v) is 1.36. The van der Waals surface area contributed by atoms with Gasteiger partial charge < -0.3 is 14.9 Å². The molecule has 0 saturated heterocycles. The largest absolute Gasteiger partial charge is 0.665 e. The van der Waals surface area contributed by atoms with Gasteiger partial charge in [-0.25, -0.2) is 4.39 Å². The van der Waals surface area contributed by atoms with E-state index >= 15 is 0 Å². The molecule has 0 unspecified atom stereocenters. The molecule has 1 aromatic heterocycles. The van der Waals surface area contributed by atoms with Crippen molar-refractivity contribution in [1.29, 1.82) is 0 Å². The summed E-state index contributed by atoms with van der Waals surface area (Å²) in [6.45, 7) is 6.32. The smallest absolute Gasteiger partial charge is 0.123 e. The van der Waals surface area contributed by atoms with E-state index in [1.807, 2.05) is 6.92 Å². The van der Waals surface area contributed by atoms with Crippen molar-refractivity contribution in [3.05, 3.63) is 42.2 Å². The molecule has 1 radical (unpaired) electrons. The first-order chi connectivity index (χ1) is 7.10. The van der Waals surface area contributed by atoms with Gasteiger partial charge in [-0.15, -0.1) is 11.5 Å². The Morgan fingerprint density at radius 2 is 2.06 bits per heavy atom. The number of rotatable bonds is 0. The van der Waals surface area contributed by atoms with Crippen LogP contribution >= 0.6 is 0 Å². The first kappa shape index (κ1) is 15.3. The zero-order chi connectivity index (χ0) is 11.4. The predicted molar refractivity (Wildman–Crippen MR) is 55.8 cm³/mol. The summed E-state index contributed by atoms with van der Waals surface area (Å²) in [5.74, 6) is -0.219. The molecule has 1 aromatic carbocycles. The van der Waals surface area contributed by atoms with Gasteiger partial charge in [-0.3, -0.25) is 0 Å². The Morgan fingerprint density at radius 1 is 1.50 bits per heavy atom. The van der Waals surface area contributed by atoms with Gasteiger partial charge in [-0.1, -0.05) is 19.1 Å². The van der Waals surface area contributed by atoms with Crippen LogP contribution in [0.3, 0.4) is 0 Å². The van der Waals surface area contributed by atoms with Crippen molar-refractivity contribution >= 4 is 17.4 Å². The summed E-state index contributed by atoms with van der Waals surface area (Å²) < 4.78 is 12.7. The van der Waals surface area contributed by atoms with Crippen molar-refractivity contribution in [2.75, 3.05) is 0 Å². The average molecular weight is 376 g/mol. The SMILES string of the molecule is O=[C-]O.[CH2-]c1c(C)[nH]c2cc(F)ccc12.[Tm]. The maximum atomic E-state index is 12.7.